The second kappa shape index (κ2) is 4.10. The van der Waals surface area contributed by atoms with Crippen LogP contribution in [-0.2, 0) is 11.9 Å². The Morgan fingerprint density at radius 3 is 2.17 bits per heavy atom. The average Bonchev–Trinajstić information content (AvgIpc) is 2.10. The van der Waals surface area contributed by atoms with Crippen LogP contribution in [0.25, 0.3) is 0 Å². The maximum absolute atomic E-state index is 5.79. The highest BCUT2D eigenvalue weighted by molar-refractivity contribution is 6.17. The highest BCUT2D eigenvalue weighted by Gasteiger charge is 2.03. The first-order valence-electron chi connectivity index (χ1n) is 3.99. The molecule has 0 bridgehead atoms. The summed E-state index contributed by atoms with van der Waals surface area (Å²) in [6, 6.07) is 5.15. The Labute approximate surface area is 82.4 Å². The lowest BCUT2D eigenvalue weighted by molar-refractivity contribution is 1.18. The predicted molar refractivity (Wildman–Crippen MR) is 54.9 cm³/mol. The van der Waals surface area contributed by atoms with Crippen molar-refractivity contribution in [2.45, 2.75) is 25.8 Å². The Bertz CT molecular complexity index is 252. The predicted octanol–water partition coefficient (Wildman–Crippen LogP) is 2.71. The Morgan fingerprint density at radius 1 is 1.17 bits per heavy atom. The van der Waals surface area contributed by atoms with Gasteiger partial charge in [-0.1, -0.05) is 12.1 Å². The number of hydrogen-bond donors (Lipinski definition) is 0. The zero-order valence-corrected chi connectivity index (χ0v) is 9.20. The molecule has 0 unspecified atom stereocenters. The fraction of sp³-hybridized carbons (Fsp3) is 0.400. The van der Waals surface area contributed by atoms with Gasteiger partial charge in [-0.15, -0.1) is 11.6 Å². The molecule has 0 aliphatic heterocycles. The highest BCUT2D eigenvalue weighted by Crippen LogP contribution is 2.18. The monoisotopic (exact) mass is 195 g/mol. The molecule has 1 aromatic rings. The third-order valence-corrected chi connectivity index (χ3v) is 3.01. The highest BCUT2D eigenvalue weighted by atomic mass is 35.5. The molecule has 0 saturated carbocycles. The van der Waals surface area contributed by atoms with E-state index < -0.39 is 0 Å². The van der Waals surface area contributed by atoms with E-state index in [9.17, 15) is 0 Å². The maximum atomic E-state index is 5.79. The average molecular weight is 196 g/mol. The van der Waals surface area contributed by atoms with Gasteiger partial charge in [-0.3, -0.25) is 0 Å². The zero-order chi connectivity index (χ0) is 9.14. The fourth-order valence-electron chi connectivity index (χ4n) is 1.27. The van der Waals surface area contributed by atoms with Crippen molar-refractivity contribution in [1.29, 1.82) is 0 Å². The zero-order valence-electron chi connectivity index (χ0n) is 7.45. The molecule has 0 aliphatic rings. The first kappa shape index (κ1) is 9.81. The van der Waals surface area contributed by atoms with Gasteiger partial charge in [-0.25, -0.2) is 0 Å². The van der Waals surface area contributed by atoms with Gasteiger partial charge in [0.05, 0.1) is 0 Å². The molecule has 0 saturated heterocycles. The molecule has 0 aromatic heterocycles. The summed E-state index contributed by atoms with van der Waals surface area (Å²) in [5.74, 6) is 0.606. The summed E-state index contributed by atoms with van der Waals surface area (Å²) in [5.41, 5.74) is 5.25. The minimum Gasteiger partial charge on any atom is -0.122 e. The minimum atomic E-state index is 0.606. The molecule has 0 heterocycles. The molecule has 0 N–H and O–H groups in total. The fourth-order valence-corrected chi connectivity index (χ4v) is 1.94. The molecule has 3 radical (unpaired) electrons. The van der Waals surface area contributed by atoms with Crippen molar-refractivity contribution < 1.29 is 0 Å². The molecule has 63 valence electrons. The summed E-state index contributed by atoms with van der Waals surface area (Å²) in [6.07, 6.45) is 0. The molecule has 0 atom stereocenters. The van der Waals surface area contributed by atoms with E-state index in [1.807, 2.05) is 0 Å². The van der Waals surface area contributed by atoms with E-state index in [1.54, 1.807) is 0 Å². The quantitative estimate of drug-likeness (QED) is 0.503. The number of hydrogen-bond acceptors (Lipinski definition) is 0. The van der Waals surface area contributed by atoms with E-state index in [2.05, 4.69) is 36.2 Å². The number of alkyl halides is 1. The number of halogens is 1. The van der Waals surface area contributed by atoms with Gasteiger partial charge in [0.25, 0.3) is 0 Å². The van der Waals surface area contributed by atoms with Crippen molar-refractivity contribution >= 4 is 21.8 Å². The van der Waals surface area contributed by atoms with E-state index in [-0.39, 0.29) is 0 Å². The molecule has 1 aromatic carbocycles. The van der Waals surface area contributed by atoms with Crippen LogP contribution in [0.1, 0.15) is 22.3 Å². The van der Waals surface area contributed by atoms with E-state index >= 15 is 0 Å². The third kappa shape index (κ3) is 1.72. The van der Waals surface area contributed by atoms with Gasteiger partial charge in [-0.05, 0) is 42.1 Å². The van der Waals surface area contributed by atoms with Crippen LogP contribution >= 0.6 is 11.6 Å². The Kier molecular flexibility index (Phi) is 3.36. The Balaban J connectivity index is 3.20. The molecule has 0 spiro atoms. The van der Waals surface area contributed by atoms with Gasteiger partial charge in [0.2, 0.25) is 0 Å². The van der Waals surface area contributed by atoms with Crippen LogP contribution in [-0.4, -0.2) is 10.2 Å². The van der Waals surface area contributed by atoms with Gasteiger partial charge < -0.3 is 0 Å². The first-order chi connectivity index (χ1) is 5.70. The van der Waals surface area contributed by atoms with Crippen LogP contribution in [0.2, 0.25) is 0 Å². The first-order valence-corrected chi connectivity index (χ1v) is 5.23. The van der Waals surface area contributed by atoms with E-state index in [1.165, 1.54) is 22.3 Å². The summed E-state index contributed by atoms with van der Waals surface area (Å²) in [6.45, 7) is 4.26. The SMILES string of the molecule is Cc1c(C[Si])ccc(CCl)c1C. The molecule has 2 heteroatoms. The summed E-state index contributed by atoms with van der Waals surface area (Å²) in [7, 11) is 3.50. The molecule has 0 nitrogen and oxygen atoms in total. The summed E-state index contributed by atoms with van der Waals surface area (Å²) < 4.78 is 0. The molecular formula is C10H12ClSi. The Morgan fingerprint density at radius 2 is 1.67 bits per heavy atom. The lowest BCUT2D eigenvalue weighted by atomic mass is 10.00. The second-order valence-electron chi connectivity index (χ2n) is 2.94. The maximum Gasteiger partial charge on any atom is 0.0476 e. The number of rotatable bonds is 2. The third-order valence-electron chi connectivity index (χ3n) is 2.35. The lowest BCUT2D eigenvalue weighted by Gasteiger charge is -2.09. The van der Waals surface area contributed by atoms with Crippen LogP contribution in [0.4, 0.5) is 0 Å². The van der Waals surface area contributed by atoms with E-state index in [0.717, 1.165) is 6.04 Å². The van der Waals surface area contributed by atoms with Crippen molar-refractivity contribution in [2.75, 3.05) is 0 Å². The number of benzene rings is 1. The van der Waals surface area contributed by atoms with Crippen LogP contribution < -0.4 is 0 Å². The van der Waals surface area contributed by atoms with E-state index in [4.69, 9.17) is 11.6 Å². The van der Waals surface area contributed by atoms with Crippen molar-refractivity contribution in [3.8, 4) is 0 Å². The molecule has 0 amide bonds. The van der Waals surface area contributed by atoms with Crippen LogP contribution in [0.5, 0.6) is 0 Å². The van der Waals surface area contributed by atoms with Gasteiger partial charge in [0.1, 0.15) is 0 Å². The van der Waals surface area contributed by atoms with E-state index in [0.29, 0.717) is 5.88 Å². The van der Waals surface area contributed by atoms with Gasteiger partial charge in [0.15, 0.2) is 0 Å². The van der Waals surface area contributed by atoms with Gasteiger partial charge >= 0.3 is 0 Å². The van der Waals surface area contributed by atoms with Crippen LogP contribution in [0.3, 0.4) is 0 Å². The topological polar surface area (TPSA) is 0 Å². The van der Waals surface area contributed by atoms with Gasteiger partial charge in [-0.2, -0.15) is 0 Å². The van der Waals surface area contributed by atoms with Crippen LogP contribution in [0, 0.1) is 13.8 Å². The standard InChI is InChI=1S/C10H12ClSi/c1-7-8(2)10(6-12)4-3-9(7)5-11/h3-4H,5-6H2,1-2H3. The summed E-state index contributed by atoms with van der Waals surface area (Å²) in [5, 5.41) is 0. The van der Waals surface area contributed by atoms with Crippen molar-refractivity contribution in [3.63, 3.8) is 0 Å². The molecule has 0 aliphatic carbocycles. The van der Waals surface area contributed by atoms with Crippen molar-refractivity contribution in [2.24, 2.45) is 0 Å². The minimum absolute atomic E-state index is 0.606. The molecule has 12 heavy (non-hydrogen) atoms. The normalized spacial score (nSPS) is 10.3. The van der Waals surface area contributed by atoms with Crippen molar-refractivity contribution in [3.05, 3.63) is 34.4 Å². The Hall–Kier alpha value is -0.273. The second-order valence-corrected chi connectivity index (χ2v) is 3.57. The molecule has 1 rings (SSSR count). The van der Waals surface area contributed by atoms with Crippen LogP contribution in [0.15, 0.2) is 12.1 Å². The lowest BCUT2D eigenvalue weighted by Crippen LogP contribution is -1.95. The molecular weight excluding hydrogens is 184 g/mol. The van der Waals surface area contributed by atoms with Gasteiger partial charge in [0, 0.05) is 16.1 Å². The van der Waals surface area contributed by atoms with Crippen molar-refractivity contribution in [1.82, 2.24) is 0 Å². The molecule has 0 fully saturated rings. The summed E-state index contributed by atoms with van der Waals surface area (Å²) >= 11 is 5.79. The smallest absolute Gasteiger partial charge is 0.0476 e. The summed E-state index contributed by atoms with van der Waals surface area (Å²) in [4.78, 5) is 0. The largest absolute Gasteiger partial charge is 0.122 e.